The number of carbonyl (C=O) groups excluding carboxylic acids is 2. The smallest absolute Gasteiger partial charge is 0.254 e. The molecule has 0 unspecified atom stereocenters. The van der Waals surface area contributed by atoms with Crippen molar-refractivity contribution in [3.05, 3.63) is 76.6 Å². The van der Waals surface area contributed by atoms with Crippen LogP contribution in [0.5, 0.6) is 11.5 Å². The first kappa shape index (κ1) is 20.4. The minimum atomic E-state index is -0.479. The predicted molar refractivity (Wildman–Crippen MR) is 121 cm³/mol. The number of carbonyl (C=O) groups is 2. The topological polar surface area (TPSA) is 76.7 Å². The number of rotatable bonds is 3. The maximum absolute atomic E-state index is 13.5. The highest BCUT2D eigenvalue weighted by Gasteiger charge is 2.43. The van der Waals surface area contributed by atoms with Gasteiger partial charge >= 0.3 is 0 Å². The van der Waals surface area contributed by atoms with Crippen LogP contribution in [-0.2, 0) is 9.59 Å². The summed E-state index contributed by atoms with van der Waals surface area (Å²) < 4.78 is 11.1. The van der Waals surface area contributed by atoms with E-state index in [0.717, 1.165) is 23.4 Å². The van der Waals surface area contributed by atoms with Gasteiger partial charge in [0.2, 0.25) is 6.79 Å². The van der Waals surface area contributed by atoms with Crippen molar-refractivity contribution in [3.63, 3.8) is 0 Å². The number of hydrogen-bond acceptors (Lipinski definition) is 5. The number of benzene rings is 2. The maximum atomic E-state index is 13.5. The summed E-state index contributed by atoms with van der Waals surface area (Å²) in [6, 6.07) is 15.0. The number of ether oxygens (including phenoxy) is 2. The maximum Gasteiger partial charge on any atom is 0.254 e. The Morgan fingerprint density at radius 1 is 1.06 bits per heavy atom. The Morgan fingerprint density at radius 3 is 2.59 bits per heavy atom. The van der Waals surface area contributed by atoms with Crippen LogP contribution in [0.1, 0.15) is 45.1 Å². The molecule has 1 atom stereocenters. The molecule has 2 N–H and O–H groups in total. The lowest BCUT2D eigenvalue weighted by atomic mass is 9.68. The van der Waals surface area contributed by atoms with E-state index in [1.54, 1.807) is 0 Å². The quantitative estimate of drug-likeness (QED) is 0.741. The number of anilines is 1. The Bertz CT molecular complexity index is 1180. The van der Waals surface area contributed by atoms with Crippen LogP contribution >= 0.6 is 0 Å². The number of para-hydroxylation sites is 1. The van der Waals surface area contributed by atoms with E-state index in [9.17, 15) is 9.59 Å². The molecular weight excluding hydrogens is 404 g/mol. The van der Waals surface area contributed by atoms with Gasteiger partial charge < -0.3 is 20.1 Å². The van der Waals surface area contributed by atoms with Crippen LogP contribution in [0.2, 0.25) is 0 Å². The lowest BCUT2D eigenvalue weighted by molar-refractivity contribution is -0.118. The van der Waals surface area contributed by atoms with Crippen LogP contribution in [0.4, 0.5) is 5.69 Å². The van der Waals surface area contributed by atoms with Gasteiger partial charge in [0.1, 0.15) is 0 Å². The number of ketones is 1. The van der Waals surface area contributed by atoms with Gasteiger partial charge in [-0.1, -0.05) is 38.1 Å². The average Bonchev–Trinajstić information content (AvgIpc) is 3.20. The Morgan fingerprint density at radius 2 is 1.81 bits per heavy atom. The molecule has 0 saturated heterocycles. The summed E-state index contributed by atoms with van der Waals surface area (Å²) in [4.78, 5) is 26.9. The van der Waals surface area contributed by atoms with Crippen LogP contribution in [0, 0.1) is 5.41 Å². The number of fused-ring (bicyclic) bond motifs is 1. The second kappa shape index (κ2) is 7.55. The van der Waals surface area contributed by atoms with E-state index < -0.39 is 5.92 Å². The second-order valence-corrected chi connectivity index (χ2v) is 9.36. The van der Waals surface area contributed by atoms with Crippen molar-refractivity contribution in [2.24, 2.45) is 5.41 Å². The van der Waals surface area contributed by atoms with Crippen LogP contribution in [0.25, 0.3) is 0 Å². The van der Waals surface area contributed by atoms with Crippen molar-refractivity contribution in [3.8, 4) is 11.5 Å². The van der Waals surface area contributed by atoms with Crippen LogP contribution in [0.3, 0.4) is 0 Å². The lowest BCUT2D eigenvalue weighted by Gasteiger charge is -2.39. The monoisotopic (exact) mass is 430 g/mol. The molecule has 0 fully saturated rings. The summed E-state index contributed by atoms with van der Waals surface area (Å²) in [5.41, 5.74) is 4.29. The fraction of sp³-hybridized carbons (Fsp3) is 0.308. The van der Waals surface area contributed by atoms with Gasteiger partial charge in [0.15, 0.2) is 17.3 Å². The van der Waals surface area contributed by atoms with Crippen molar-refractivity contribution in [1.82, 2.24) is 5.32 Å². The predicted octanol–water partition coefficient (Wildman–Crippen LogP) is 4.66. The van der Waals surface area contributed by atoms with E-state index in [4.69, 9.17) is 9.47 Å². The number of amides is 1. The number of allylic oxidation sites excluding steroid dienone is 3. The zero-order valence-electron chi connectivity index (χ0n) is 18.5. The average molecular weight is 431 g/mol. The van der Waals surface area contributed by atoms with E-state index in [1.165, 1.54) is 0 Å². The fourth-order valence-electron chi connectivity index (χ4n) is 4.88. The molecule has 2 aromatic carbocycles. The molecular formula is C26H26N2O4. The first-order chi connectivity index (χ1) is 15.3. The molecule has 1 aliphatic carbocycles. The van der Waals surface area contributed by atoms with Gasteiger partial charge in [-0.3, -0.25) is 9.59 Å². The van der Waals surface area contributed by atoms with Crippen LogP contribution in [0.15, 0.2) is 71.1 Å². The zero-order chi connectivity index (χ0) is 22.5. The highest BCUT2D eigenvalue weighted by Crippen LogP contribution is 2.48. The van der Waals surface area contributed by atoms with Gasteiger partial charge in [-0.15, -0.1) is 0 Å². The largest absolute Gasteiger partial charge is 0.454 e. The first-order valence-corrected chi connectivity index (χ1v) is 10.8. The zero-order valence-corrected chi connectivity index (χ0v) is 18.5. The van der Waals surface area contributed by atoms with Crippen molar-refractivity contribution in [1.29, 1.82) is 0 Å². The van der Waals surface area contributed by atoms with Gasteiger partial charge in [0.05, 0.1) is 0 Å². The van der Waals surface area contributed by atoms with Gasteiger partial charge in [-0.2, -0.15) is 0 Å². The third-order valence-electron chi connectivity index (χ3n) is 6.25. The molecule has 5 rings (SSSR count). The van der Waals surface area contributed by atoms with Crippen molar-refractivity contribution < 1.29 is 19.1 Å². The summed E-state index contributed by atoms with van der Waals surface area (Å²) in [5, 5.41) is 6.39. The molecule has 0 aromatic heterocycles. The van der Waals surface area contributed by atoms with Crippen LogP contribution in [-0.4, -0.2) is 18.5 Å². The van der Waals surface area contributed by atoms with E-state index in [0.29, 0.717) is 34.8 Å². The Hall–Kier alpha value is -3.54. The Kier molecular flexibility index (Phi) is 4.81. The Labute approximate surface area is 187 Å². The number of nitrogens with one attached hydrogen (secondary N) is 2. The molecule has 0 spiro atoms. The van der Waals surface area contributed by atoms with Crippen molar-refractivity contribution in [2.75, 3.05) is 12.1 Å². The lowest BCUT2D eigenvalue weighted by Crippen LogP contribution is -2.39. The normalized spacial score (nSPS) is 21.2. The number of dihydropyridines is 1. The standard InChI is InChI=1S/C26H26N2O4/c1-15-22(25(30)28-17-7-5-4-6-8-17)23(16-9-10-20-21(11-16)32-14-31-20)24-18(27-15)12-26(2,3)13-19(24)29/h4-11,23,27H,12-14H2,1-3H3,(H,28,30)/t23-/m1/s1. The highest BCUT2D eigenvalue weighted by molar-refractivity contribution is 6.10. The summed E-state index contributed by atoms with van der Waals surface area (Å²) in [6.45, 7) is 6.27. The van der Waals surface area contributed by atoms with Crippen molar-refractivity contribution >= 4 is 17.4 Å². The summed E-state index contributed by atoms with van der Waals surface area (Å²) in [7, 11) is 0. The Balaban J connectivity index is 1.62. The fourth-order valence-corrected chi connectivity index (χ4v) is 4.88. The molecule has 1 amide bonds. The highest BCUT2D eigenvalue weighted by atomic mass is 16.7. The van der Waals surface area contributed by atoms with E-state index in [2.05, 4.69) is 24.5 Å². The minimum Gasteiger partial charge on any atom is -0.454 e. The summed E-state index contributed by atoms with van der Waals surface area (Å²) >= 11 is 0. The molecule has 2 aromatic rings. The molecule has 6 nitrogen and oxygen atoms in total. The van der Waals surface area contributed by atoms with Gasteiger partial charge in [0, 0.05) is 40.6 Å². The van der Waals surface area contributed by atoms with Gasteiger partial charge in [-0.25, -0.2) is 0 Å². The third-order valence-corrected chi connectivity index (χ3v) is 6.25. The molecule has 32 heavy (non-hydrogen) atoms. The molecule has 3 aliphatic rings. The summed E-state index contributed by atoms with van der Waals surface area (Å²) in [6.07, 6.45) is 1.20. The van der Waals surface area contributed by atoms with Gasteiger partial charge in [-0.05, 0) is 48.6 Å². The van der Waals surface area contributed by atoms with E-state index >= 15 is 0 Å². The molecule has 0 bridgehead atoms. The van der Waals surface area contributed by atoms with E-state index in [1.807, 2.05) is 55.5 Å². The second-order valence-electron chi connectivity index (χ2n) is 9.36. The number of Topliss-reactive ketones (excluding diaryl/α,β-unsaturated/α-hetero) is 1. The molecule has 0 radical (unpaired) electrons. The van der Waals surface area contributed by atoms with E-state index in [-0.39, 0.29) is 23.9 Å². The molecule has 2 aliphatic heterocycles. The summed E-state index contributed by atoms with van der Waals surface area (Å²) in [5.74, 6) is 0.668. The third kappa shape index (κ3) is 3.55. The van der Waals surface area contributed by atoms with Gasteiger partial charge in [0.25, 0.3) is 5.91 Å². The number of hydrogen-bond donors (Lipinski definition) is 2. The van der Waals surface area contributed by atoms with Crippen molar-refractivity contribution in [2.45, 2.75) is 39.5 Å². The van der Waals surface area contributed by atoms with Crippen LogP contribution < -0.4 is 20.1 Å². The minimum absolute atomic E-state index is 0.0731. The molecule has 0 saturated carbocycles. The molecule has 164 valence electrons. The first-order valence-electron chi connectivity index (χ1n) is 10.8. The molecule has 6 heteroatoms. The SMILES string of the molecule is CC1=C(C(=O)Nc2ccccc2)[C@@H](c2ccc3c(c2)OCO3)C2=C(CC(C)(C)CC2=O)N1. The molecule has 2 heterocycles.